The van der Waals surface area contributed by atoms with E-state index >= 15 is 0 Å². The fraction of sp³-hybridized carbons (Fsp3) is 0.500. The maximum Gasteiger partial charge on any atom is 0.408 e. The molecule has 122 valence electrons. The van der Waals surface area contributed by atoms with Crippen molar-refractivity contribution in [2.24, 2.45) is 0 Å². The van der Waals surface area contributed by atoms with Crippen molar-refractivity contribution in [3.63, 3.8) is 0 Å². The molecule has 0 aliphatic rings. The summed E-state index contributed by atoms with van der Waals surface area (Å²) in [6.45, 7) is 5.24. The first-order chi connectivity index (χ1) is 10.3. The van der Waals surface area contributed by atoms with Crippen molar-refractivity contribution >= 4 is 18.1 Å². The largest absolute Gasteiger partial charge is 0.444 e. The molecule has 0 radical (unpaired) electrons. The third-order valence-corrected chi connectivity index (χ3v) is 2.72. The molecule has 0 saturated heterocycles. The van der Waals surface area contributed by atoms with E-state index in [0.29, 0.717) is 19.1 Å². The molecule has 0 fully saturated rings. The van der Waals surface area contributed by atoms with Gasteiger partial charge in [-0.3, -0.25) is 0 Å². The number of hydrogen-bond acceptors (Lipinski definition) is 5. The van der Waals surface area contributed by atoms with Crippen LogP contribution in [-0.2, 0) is 9.53 Å². The lowest BCUT2D eigenvalue weighted by atomic mass is 10.1. The van der Waals surface area contributed by atoms with Crippen LogP contribution in [0.4, 0.5) is 10.5 Å². The van der Waals surface area contributed by atoms with Crippen LogP contribution < -0.4 is 10.6 Å². The molecule has 1 amide bonds. The number of ether oxygens (including phenoxy) is 1. The highest BCUT2D eigenvalue weighted by Crippen LogP contribution is 2.10. The second-order valence-corrected chi connectivity index (χ2v) is 5.99. The summed E-state index contributed by atoms with van der Waals surface area (Å²) in [6.07, 6.45) is -0.183. The first-order valence-corrected chi connectivity index (χ1v) is 7.24. The Labute approximate surface area is 130 Å². The summed E-state index contributed by atoms with van der Waals surface area (Å²) in [4.78, 5) is 22.6. The van der Waals surface area contributed by atoms with Gasteiger partial charge in [0.25, 0.3) is 0 Å². The van der Waals surface area contributed by atoms with Gasteiger partial charge in [-0.15, -0.1) is 0 Å². The van der Waals surface area contributed by atoms with Crippen LogP contribution in [0.25, 0.3) is 0 Å². The van der Waals surface area contributed by atoms with Crippen LogP contribution in [-0.4, -0.2) is 35.4 Å². The molecule has 2 unspecified atom stereocenters. The summed E-state index contributed by atoms with van der Waals surface area (Å²) in [7, 11) is 0. The predicted octanol–water partition coefficient (Wildman–Crippen LogP) is 2.29. The zero-order valence-corrected chi connectivity index (χ0v) is 13.2. The summed E-state index contributed by atoms with van der Waals surface area (Å²) in [5.41, 5.74) is 0.170. The van der Waals surface area contributed by atoms with E-state index in [-0.39, 0.29) is 0 Å². The molecule has 0 bridgehead atoms. The van der Waals surface area contributed by atoms with E-state index in [1.165, 1.54) is 0 Å². The van der Waals surface area contributed by atoms with E-state index in [0.717, 1.165) is 5.69 Å². The standard InChI is InChI=1S/C16H24N2O4/c1-16(2,3)22-15(21)18-13(11-19)9-10-14(20)17-12-7-5-4-6-8-12/h4-8,11,13-14,17,20H,9-10H2,1-3H3,(H,18,21). The summed E-state index contributed by atoms with van der Waals surface area (Å²) < 4.78 is 5.09. The van der Waals surface area contributed by atoms with Gasteiger partial charge in [-0.25, -0.2) is 4.79 Å². The van der Waals surface area contributed by atoms with E-state index in [1.54, 1.807) is 20.8 Å². The molecule has 0 aliphatic carbocycles. The van der Waals surface area contributed by atoms with Crippen molar-refractivity contribution in [2.45, 2.75) is 51.5 Å². The lowest BCUT2D eigenvalue weighted by Crippen LogP contribution is -2.40. The Morgan fingerprint density at radius 2 is 1.91 bits per heavy atom. The molecule has 0 aromatic heterocycles. The van der Waals surface area contributed by atoms with Crippen LogP contribution >= 0.6 is 0 Å². The zero-order chi connectivity index (χ0) is 16.6. The number of aldehydes is 1. The van der Waals surface area contributed by atoms with Gasteiger partial charge in [0.2, 0.25) is 0 Å². The van der Waals surface area contributed by atoms with E-state index in [9.17, 15) is 14.7 Å². The minimum atomic E-state index is -0.801. The fourth-order valence-corrected chi connectivity index (χ4v) is 1.77. The molecule has 0 heterocycles. The molecular formula is C16H24N2O4. The number of rotatable bonds is 7. The third-order valence-electron chi connectivity index (χ3n) is 2.72. The molecule has 6 heteroatoms. The average molecular weight is 308 g/mol. The van der Waals surface area contributed by atoms with Crippen LogP contribution in [0.1, 0.15) is 33.6 Å². The average Bonchev–Trinajstić information content (AvgIpc) is 2.42. The maximum absolute atomic E-state index is 11.6. The first-order valence-electron chi connectivity index (χ1n) is 7.24. The van der Waals surface area contributed by atoms with Gasteiger partial charge < -0.3 is 25.3 Å². The molecule has 2 atom stereocenters. The third kappa shape index (κ3) is 7.64. The van der Waals surface area contributed by atoms with Crippen LogP contribution in [0.15, 0.2) is 30.3 Å². The van der Waals surface area contributed by atoms with Gasteiger partial charge in [0.15, 0.2) is 0 Å². The number of hydrogen-bond donors (Lipinski definition) is 3. The number of carbonyl (C=O) groups excluding carboxylic acids is 2. The Hall–Kier alpha value is -2.08. The van der Waals surface area contributed by atoms with E-state index in [4.69, 9.17) is 4.74 Å². The summed E-state index contributed by atoms with van der Waals surface area (Å²) >= 11 is 0. The number of nitrogens with one attached hydrogen (secondary N) is 2. The van der Waals surface area contributed by atoms with E-state index < -0.39 is 24.0 Å². The molecule has 6 nitrogen and oxygen atoms in total. The van der Waals surface area contributed by atoms with Gasteiger partial charge in [-0.2, -0.15) is 0 Å². The number of anilines is 1. The molecule has 0 spiro atoms. The summed E-state index contributed by atoms with van der Waals surface area (Å²) in [5.74, 6) is 0. The number of para-hydroxylation sites is 1. The highest BCUT2D eigenvalue weighted by atomic mass is 16.6. The second kappa shape index (κ2) is 8.38. The second-order valence-electron chi connectivity index (χ2n) is 5.99. The molecule has 0 aliphatic heterocycles. The van der Waals surface area contributed by atoms with Gasteiger partial charge in [-0.05, 0) is 45.7 Å². The minimum absolute atomic E-state index is 0.309. The number of carbonyl (C=O) groups is 2. The highest BCUT2D eigenvalue weighted by molar-refractivity contribution is 5.73. The maximum atomic E-state index is 11.6. The van der Waals surface area contributed by atoms with Gasteiger partial charge >= 0.3 is 6.09 Å². The Bertz CT molecular complexity index is 471. The van der Waals surface area contributed by atoms with Crippen molar-refractivity contribution in [1.82, 2.24) is 5.32 Å². The van der Waals surface area contributed by atoms with Crippen molar-refractivity contribution < 1.29 is 19.4 Å². The number of amides is 1. The van der Waals surface area contributed by atoms with Gasteiger partial charge in [0.1, 0.15) is 18.1 Å². The Morgan fingerprint density at radius 3 is 2.45 bits per heavy atom. The Balaban J connectivity index is 2.37. The summed E-state index contributed by atoms with van der Waals surface area (Å²) in [6, 6.07) is 8.56. The lowest BCUT2D eigenvalue weighted by molar-refractivity contribution is -0.109. The first kappa shape index (κ1) is 18.0. The topological polar surface area (TPSA) is 87.7 Å². The van der Waals surface area contributed by atoms with Crippen molar-refractivity contribution in [1.29, 1.82) is 0 Å². The number of aliphatic hydroxyl groups excluding tert-OH is 1. The van der Waals surface area contributed by atoms with E-state index in [2.05, 4.69) is 10.6 Å². The Kier molecular flexibility index (Phi) is 6.85. The van der Waals surface area contributed by atoms with Gasteiger partial charge in [0.05, 0.1) is 6.04 Å². The molecule has 1 aromatic rings. The van der Waals surface area contributed by atoms with Crippen LogP contribution in [0.2, 0.25) is 0 Å². The molecule has 22 heavy (non-hydrogen) atoms. The van der Waals surface area contributed by atoms with Crippen molar-refractivity contribution in [3.05, 3.63) is 30.3 Å². The molecule has 1 rings (SSSR count). The molecule has 0 saturated carbocycles. The number of alkyl carbamates (subject to hydrolysis) is 1. The molecular weight excluding hydrogens is 284 g/mol. The van der Waals surface area contributed by atoms with Gasteiger partial charge in [0, 0.05) is 5.69 Å². The van der Waals surface area contributed by atoms with Crippen LogP contribution in [0.5, 0.6) is 0 Å². The highest BCUT2D eigenvalue weighted by Gasteiger charge is 2.19. The van der Waals surface area contributed by atoms with E-state index in [1.807, 2.05) is 30.3 Å². The van der Waals surface area contributed by atoms with Crippen molar-refractivity contribution in [3.8, 4) is 0 Å². The number of benzene rings is 1. The SMILES string of the molecule is CC(C)(C)OC(=O)NC(C=O)CCC(O)Nc1ccccc1. The Morgan fingerprint density at radius 1 is 1.27 bits per heavy atom. The lowest BCUT2D eigenvalue weighted by Gasteiger charge is -2.22. The fourth-order valence-electron chi connectivity index (χ4n) is 1.77. The van der Waals surface area contributed by atoms with Crippen LogP contribution in [0, 0.1) is 0 Å². The zero-order valence-electron chi connectivity index (χ0n) is 13.2. The normalized spacial score (nSPS) is 13.8. The van der Waals surface area contributed by atoms with Gasteiger partial charge in [-0.1, -0.05) is 18.2 Å². The molecule has 3 N–H and O–H groups in total. The summed E-state index contributed by atoms with van der Waals surface area (Å²) in [5, 5.41) is 15.3. The van der Waals surface area contributed by atoms with Crippen molar-refractivity contribution in [2.75, 3.05) is 5.32 Å². The quantitative estimate of drug-likeness (QED) is 0.531. The predicted molar refractivity (Wildman–Crippen MR) is 84.5 cm³/mol. The van der Waals surface area contributed by atoms with Crippen LogP contribution in [0.3, 0.4) is 0 Å². The minimum Gasteiger partial charge on any atom is -0.444 e. The molecule has 1 aromatic carbocycles. The smallest absolute Gasteiger partial charge is 0.408 e. The monoisotopic (exact) mass is 308 g/mol. The number of aliphatic hydroxyl groups is 1.